The number of halogens is 1. The fourth-order valence-electron chi connectivity index (χ4n) is 1.65. The number of sulfonamides is 1. The zero-order valence-electron chi connectivity index (χ0n) is 11.0. The topological polar surface area (TPSA) is 95.1 Å². The molecule has 110 valence electrons. The number of benzene rings is 1. The van der Waals surface area contributed by atoms with Crippen molar-refractivity contribution in [3.63, 3.8) is 0 Å². The molecule has 1 aromatic heterocycles. The van der Waals surface area contributed by atoms with Crippen molar-refractivity contribution in [2.24, 2.45) is 0 Å². The summed E-state index contributed by atoms with van der Waals surface area (Å²) in [5.41, 5.74) is 1.08. The molecule has 0 atom stereocenters. The number of aromatic nitrogens is 2. The Balaban J connectivity index is 2.42. The van der Waals surface area contributed by atoms with E-state index in [9.17, 15) is 8.42 Å². The number of rotatable bonds is 3. The molecular weight excluding hydrogens is 314 g/mol. The zero-order chi connectivity index (χ0) is 15.5. The van der Waals surface area contributed by atoms with Gasteiger partial charge in [-0.15, -0.1) is 0 Å². The van der Waals surface area contributed by atoms with Crippen molar-refractivity contribution in [1.29, 1.82) is 0 Å². The molecule has 0 bridgehead atoms. The maximum Gasteiger partial charge on any atom is 0.265 e. The Kier molecular flexibility index (Phi) is 4.53. The van der Waals surface area contributed by atoms with Crippen molar-refractivity contribution in [2.75, 3.05) is 11.3 Å². The number of aryl methyl sites for hydroxylation is 1. The molecule has 0 unspecified atom stereocenters. The number of hydrogen-bond donors (Lipinski definition) is 3. The van der Waals surface area contributed by atoms with E-state index in [1.807, 2.05) is 0 Å². The molecule has 6 nitrogen and oxygen atoms in total. The smallest absolute Gasteiger partial charge is 0.265 e. The van der Waals surface area contributed by atoms with Crippen molar-refractivity contribution in [3.8, 4) is 11.8 Å². The molecule has 21 heavy (non-hydrogen) atoms. The van der Waals surface area contributed by atoms with Crippen molar-refractivity contribution >= 4 is 27.3 Å². The van der Waals surface area contributed by atoms with Gasteiger partial charge in [-0.1, -0.05) is 23.4 Å². The Morgan fingerprint density at radius 3 is 2.86 bits per heavy atom. The van der Waals surface area contributed by atoms with Crippen LogP contribution in [0, 0.1) is 18.8 Å². The van der Waals surface area contributed by atoms with Gasteiger partial charge in [-0.05, 0) is 25.1 Å². The lowest BCUT2D eigenvalue weighted by Crippen LogP contribution is -2.14. The standard InChI is InChI=1S/C13H12ClN3O3S/c1-9-13(8-15-16-9)21(19,20)17-12-5-4-11(14)7-10(12)3-2-6-18/h4-5,7-8,17-18H,6H2,1H3,(H,15,16). The van der Waals surface area contributed by atoms with Crippen LogP contribution >= 0.6 is 11.6 Å². The van der Waals surface area contributed by atoms with Crippen LogP contribution in [0.2, 0.25) is 5.02 Å². The van der Waals surface area contributed by atoms with Crippen LogP contribution in [0.3, 0.4) is 0 Å². The maximum absolute atomic E-state index is 12.3. The molecule has 8 heteroatoms. The quantitative estimate of drug-likeness (QED) is 0.746. The highest BCUT2D eigenvalue weighted by molar-refractivity contribution is 7.92. The molecule has 0 amide bonds. The number of hydrogen-bond acceptors (Lipinski definition) is 4. The van der Waals surface area contributed by atoms with Gasteiger partial charge >= 0.3 is 0 Å². The van der Waals surface area contributed by atoms with Gasteiger partial charge in [-0.2, -0.15) is 5.10 Å². The van der Waals surface area contributed by atoms with Crippen LogP contribution in [0.5, 0.6) is 0 Å². The van der Waals surface area contributed by atoms with Gasteiger partial charge in [0.2, 0.25) is 0 Å². The van der Waals surface area contributed by atoms with Crippen LogP contribution in [0.25, 0.3) is 0 Å². The summed E-state index contributed by atoms with van der Waals surface area (Å²) in [5.74, 6) is 5.11. The third kappa shape index (κ3) is 3.55. The van der Waals surface area contributed by atoms with Gasteiger partial charge in [-0.3, -0.25) is 9.82 Å². The number of H-pyrrole nitrogens is 1. The van der Waals surface area contributed by atoms with Crippen molar-refractivity contribution in [1.82, 2.24) is 10.2 Å². The summed E-state index contributed by atoms with van der Waals surface area (Å²) in [6, 6.07) is 4.58. The average molecular weight is 326 g/mol. The van der Waals surface area contributed by atoms with E-state index in [1.54, 1.807) is 13.0 Å². The Morgan fingerprint density at radius 1 is 1.48 bits per heavy atom. The number of aliphatic hydroxyl groups excluding tert-OH is 1. The van der Waals surface area contributed by atoms with E-state index in [0.29, 0.717) is 16.3 Å². The Hall–Kier alpha value is -2.01. The Morgan fingerprint density at radius 2 is 2.24 bits per heavy atom. The summed E-state index contributed by atoms with van der Waals surface area (Å²) in [5, 5.41) is 15.4. The summed E-state index contributed by atoms with van der Waals surface area (Å²) in [6.07, 6.45) is 1.23. The lowest BCUT2D eigenvalue weighted by atomic mass is 10.2. The van der Waals surface area contributed by atoms with Gasteiger partial charge in [0.05, 0.1) is 23.1 Å². The van der Waals surface area contributed by atoms with E-state index in [1.165, 1.54) is 18.3 Å². The molecule has 0 aliphatic rings. The third-order valence-corrected chi connectivity index (χ3v) is 4.32. The van der Waals surface area contributed by atoms with Gasteiger partial charge < -0.3 is 5.11 Å². The minimum atomic E-state index is -3.78. The normalized spacial score (nSPS) is 10.8. The van der Waals surface area contributed by atoms with Crippen molar-refractivity contribution in [3.05, 3.63) is 40.7 Å². The molecule has 0 aliphatic carbocycles. The molecule has 2 rings (SSSR count). The first-order valence-electron chi connectivity index (χ1n) is 5.86. The molecule has 2 aromatic rings. The van der Waals surface area contributed by atoms with E-state index in [0.717, 1.165) is 0 Å². The van der Waals surface area contributed by atoms with Gasteiger partial charge in [0, 0.05) is 5.02 Å². The number of aromatic amines is 1. The molecule has 0 spiro atoms. The summed E-state index contributed by atoms with van der Waals surface area (Å²) >= 11 is 5.87. The minimum Gasteiger partial charge on any atom is -0.384 e. The maximum atomic E-state index is 12.3. The Bertz CT molecular complexity index is 819. The highest BCUT2D eigenvalue weighted by atomic mass is 35.5. The number of nitrogens with one attached hydrogen (secondary N) is 2. The molecule has 0 saturated heterocycles. The van der Waals surface area contributed by atoms with Crippen LogP contribution in [0.1, 0.15) is 11.3 Å². The van der Waals surface area contributed by atoms with Crippen LogP contribution in [0.15, 0.2) is 29.3 Å². The second-order valence-electron chi connectivity index (χ2n) is 4.11. The van der Waals surface area contributed by atoms with Gasteiger partial charge in [0.15, 0.2) is 0 Å². The molecule has 0 aliphatic heterocycles. The highest BCUT2D eigenvalue weighted by Gasteiger charge is 2.19. The van der Waals surface area contributed by atoms with Gasteiger partial charge in [0.1, 0.15) is 11.5 Å². The van der Waals surface area contributed by atoms with E-state index >= 15 is 0 Å². The molecule has 1 aromatic carbocycles. The Labute approximate surface area is 127 Å². The first kappa shape index (κ1) is 15.4. The minimum absolute atomic E-state index is 0.0542. The second kappa shape index (κ2) is 6.18. The highest BCUT2D eigenvalue weighted by Crippen LogP contribution is 2.23. The number of aliphatic hydroxyl groups is 1. The first-order chi connectivity index (χ1) is 9.94. The van der Waals surface area contributed by atoms with E-state index < -0.39 is 10.0 Å². The van der Waals surface area contributed by atoms with Crippen molar-refractivity contribution in [2.45, 2.75) is 11.8 Å². The summed E-state index contributed by atoms with van der Waals surface area (Å²) in [6.45, 7) is 1.27. The van der Waals surface area contributed by atoms with Crippen LogP contribution in [0.4, 0.5) is 5.69 Å². The second-order valence-corrected chi connectivity index (χ2v) is 6.20. The largest absolute Gasteiger partial charge is 0.384 e. The van der Waals surface area contributed by atoms with Crippen LogP contribution < -0.4 is 4.72 Å². The molecular formula is C13H12ClN3O3S. The first-order valence-corrected chi connectivity index (χ1v) is 7.72. The van der Waals surface area contributed by atoms with E-state index in [4.69, 9.17) is 16.7 Å². The van der Waals surface area contributed by atoms with Crippen molar-refractivity contribution < 1.29 is 13.5 Å². The third-order valence-electron chi connectivity index (χ3n) is 2.60. The lowest BCUT2D eigenvalue weighted by molar-refractivity contribution is 0.350. The molecule has 0 saturated carbocycles. The number of nitrogens with zero attached hydrogens (tertiary/aromatic N) is 1. The predicted molar refractivity (Wildman–Crippen MR) is 79.5 cm³/mol. The van der Waals surface area contributed by atoms with E-state index in [2.05, 4.69) is 26.8 Å². The van der Waals surface area contributed by atoms with Gasteiger partial charge in [0.25, 0.3) is 10.0 Å². The monoisotopic (exact) mass is 325 g/mol. The fourth-order valence-corrected chi connectivity index (χ4v) is 3.04. The molecule has 0 fully saturated rings. The molecule has 1 heterocycles. The molecule has 0 radical (unpaired) electrons. The number of anilines is 1. The summed E-state index contributed by atoms with van der Waals surface area (Å²) in [4.78, 5) is 0.0542. The van der Waals surface area contributed by atoms with Gasteiger partial charge in [-0.25, -0.2) is 8.42 Å². The summed E-state index contributed by atoms with van der Waals surface area (Å²) < 4.78 is 27.0. The van der Waals surface area contributed by atoms with E-state index in [-0.39, 0.29) is 17.2 Å². The molecule has 3 N–H and O–H groups in total. The average Bonchev–Trinajstić information content (AvgIpc) is 2.86. The zero-order valence-corrected chi connectivity index (χ0v) is 12.6. The fraction of sp³-hybridized carbons (Fsp3) is 0.154. The lowest BCUT2D eigenvalue weighted by Gasteiger charge is -2.09. The predicted octanol–water partition coefficient (Wildman–Crippen LogP) is 1.52. The van der Waals surface area contributed by atoms with Crippen LogP contribution in [-0.4, -0.2) is 30.3 Å². The summed E-state index contributed by atoms with van der Waals surface area (Å²) in [7, 11) is -3.78. The van der Waals surface area contributed by atoms with Crippen LogP contribution in [-0.2, 0) is 10.0 Å². The SMILES string of the molecule is Cc1[nH]ncc1S(=O)(=O)Nc1ccc(Cl)cc1C#CCO.